The summed E-state index contributed by atoms with van der Waals surface area (Å²) in [5.41, 5.74) is 3.80. The van der Waals surface area contributed by atoms with Crippen LogP contribution in [0, 0.1) is 6.92 Å². The maximum absolute atomic E-state index is 12.3. The molecule has 0 fully saturated rings. The van der Waals surface area contributed by atoms with Crippen LogP contribution in [-0.4, -0.2) is 10.9 Å². The predicted octanol–water partition coefficient (Wildman–Crippen LogP) is 2.32. The molecule has 0 saturated carbocycles. The number of nitrogens with zero attached hydrogens (tertiary/aromatic N) is 1. The van der Waals surface area contributed by atoms with Crippen LogP contribution in [0.25, 0.3) is 0 Å². The first-order chi connectivity index (χ1) is 10.0. The van der Waals surface area contributed by atoms with Gasteiger partial charge in [0.25, 0.3) is 5.91 Å². The number of nitrogens with two attached hydrogens (primary N) is 1. The molecule has 1 unspecified atom stereocenters. The highest BCUT2D eigenvalue weighted by molar-refractivity contribution is 5.95. The van der Waals surface area contributed by atoms with E-state index in [9.17, 15) is 4.79 Å². The lowest BCUT2D eigenvalue weighted by Gasteiger charge is -2.13. The van der Waals surface area contributed by atoms with Gasteiger partial charge in [-0.3, -0.25) is 4.79 Å². The molecule has 0 aromatic carbocycles. The van der Waals surface area contributed by atoms with Crippen LogP contribution in [0.1, 0.15) is 47.5 Å². The zero-order chi connectivity index (χ0) is 15.4. The molecule has 6 heteroatoms. The molecule has 2 aromatic rings. The molecule has 0 radical (unpaired) electrons. The first kappa shape index (κ1) is 15.1. The number of nitrogens with one attached hydrogen (secondary N) is 2. The minimum absolute atomic E-state index is 0.190. The van der Waals surface area contributed by atoms with Crippen LogP contribution >= 0.6 is 0 Å². The van der Waals surface area contributed by atoms with Gasteiger partial charge in [-0.05, 0) is 44.5 Å². The molecular formula is C15H20N4O2. The van der Waals surface area contributed by atoms with Crippen LogP contribution in [0.15, 0.2) is 28.7 Å². The van der Waals surface area contributed by atoms with E-state index in [0.29, 0.717) is 11.4 Å². The van der Waals surface area contributed by atoms with Crippen molar-refractivity contribution in [1.29, 1.82) is 0 Å². The fraction of sp³-hybridized carbons (Fsp3) is 0.333. The van der Waals surface area contributed by atoms with E-state index in [1.165, 1.54) is 0 Å². The molecule has 0 aliphatic heterocycles. The molecule has 0 bridgehead atoms. The molecule has 2 aromatic heterocycles. The molecule has 2 rings (SSSR count). The third kappa shape index (κ3) is 3.61. The highest BCUT2D eigenvalue weighted by atomic mass is 16.3. The van der Waals surface area contributed by atoms with E-state index < -0.39 is 0 Å². The van der Waals surface area contributed by atoms with Crippen LogP contribution in [0.4, 0.5) is 5.82 Å². The SMILES string of the molecule is CCc1cc(C(=O)NC(C)c2ccc(C)o2)cc(NN)n1. The Bertz CT molecular complexity index is 614. The van der Waals surface area contributed by atoms with E-state index >= 15 is 0 Å². The summed E-state index contributed by atoms with van der Waals surface area (Å²) in [4.78, 5) is 16.6. The molecule has 0 aliphatic rings. The summed E-state index contributed by atoms with van der Waals surface area (Å²) in [6.07, 6.45) is 0.725. The average Bonchev–Trinajstić information content (AvgIpc) is 2.93. The van der Waals surface area contributed by atoms with Gasteiger partial charge < -0.3 is 15.2 Å². The summed E-state index contributed by atoms with van der Waals surface area (Å²) < 4.78 is 5.51. The molecular weight excluding hydrogens is 268 g/mol. The second-order valence-corrected chi connectivity index (χ2v) is 4.87. The number of furan rings is 1. The van der Waals surface area contributed by atoms with Crippen molar-refractivity contribution in [1.82, 2.24) is 10.3 Å². The number of hydrazine groups is 1. The Labute approximate surface area is 123 Å². The van der Waals surface area contributed by atoms with Gasteiger partial charge in [-0.25, -0.2) is 10.8 Å². The standard InChI is InChI=1S/C15H20N4O2/c1-4-12-7-11(8-14(18-12)19-16)15(20)17-10(3)13-6-5-9(2)21-13/h5-8,10H,4,16H2,1-3H3,(H,17,20)(H,18,19). The minimum atomic E-state index is -0.210. The summed E-state index contributed by atoms with van der Waals surface area (Å²) in [5.74, 6) is 7.20. The zero-order valence-electron chi connectivity index (χ0n) is 12.4. The summed E-state index contributed by atoms with van der Waals surface area (Å²) >= 11 is 0. The number of nitrogen functional groups attached to an aromatic ring is 1. The fourth-order valence-corrected chi connectivity index (χ4v) is 2.01. The molecule has 0 aliphatic carbocycles. The van der Waals surface area contributed by atoms with E-state index in [1.54, 1.807) is 12.1 Å². The highest BCUT2D eigenvalue weighted by Crippen LogP contribution is 2.17. The van der Waals surface area contributed by atoms with Crippen LogP contribution < -0.4 is 16.6 Å². The number of rotatable bonds is 5. The largest absolute Gasteiger partial charge is 0.464 e. The van der Waals surface area contributed by atoms with E-state index in [1.807, 2.05) is 32.9 Å². The van der Waals surface area contributed by atoms with E-state index in [4.69, 9.17) is 10.3 Å². The number of aromatic nitrogens is 1. The Morgan fingerprint density at radius 2 is 2.19 bits per heavy atom. The first-order valence-electron chi connectivity index (χ1n) is 6.88. The number of anilines is 1. The minimum Gasteiger partial charge on any atom is -0.464 e. The van der Waals surface area contributed by atoms with Crippen LogP contribution in [0.5, 0.6) is 0 Å². The topological polar surface area (TPSA) is 93.2 Å². The number of pyridine rings is 1. The molecule has 0 saturated heterocycles. The maximum Gasteiger partial charge on any atom is 0.252 e. The van der Waals surface area contributed by atoms with Crippen LogP contribution in [0.2, 0.25) is 0 Å². The van der Waals surface area contributed by atoms with Gasteiger partial charge >= 0.3 is 0 Å². The number of carbonyl (C=O) groups is 1. The van der Waals surface area contributed by atoms with E-state index in [0.717, 1.165) is 23.6 Å². The van der Waals surface area contributed by atoms with Crippen molar-refractivity contribution >= 4 is 11.7 Å². The fourth-order valence-electron chi connectivity index (χ4n) is 2.01. The summed E-state index contributed by atoms with van der Waals surface area (Å²) in [7, 11) is 0. The summed E-state index contributed by atoms with van der Waals surface area (Å²) in [6.45, 7) is 5.71. The Hall–Kier alpha value is -2.34. The molecule has 112 valence electrons. The predicted molar refractivity (Wildman–Crippen MR) is 80.8 cm³/mol. The van der Waals surface area contributed by atoms with Gasteiger partial charge in [0.05, 0.1) is 6.04 Å². The molecule has 4 N–H and O–H groups in total. The number of carbonyl (C=O) groups excluding carboxylic acids is 1. The van der Waals surface area contributed by atoms with Gasteiger partial charge in [-0.15, -0.1) is 0 Å². The van der Waals surface area contributed by atoms with Crippen molar-refractivity contribution in [3.63, 3.8) is 0 Å². The van der Waals surface area contributed by atoms with Crippen molar-refractivity contribution in [2.75, 3.05) is 5.43 Å². The second-order valence-electron chi connectivity index (χ2n) is 4.87. The monoisotopic (exact) mass is 288 g/mol. The van der Waals surface area contributed by atoms with Crippen molar-refractivity contribution in [2.45, 2.75) is 33.2 Å². The Morgan fingerprint density at radius 1 is 1.43 bits per heavy atom. The second kappa shape index (κ2) is 6.41. The third-order valence-corrected chi connectivity index (χ3v) is 3.19. The normalized spacial score (nSPS) is 12.0. The molecule has 6 nitrogen and oxygen atoms in total. The van der Waals surface area contributed by atoms with Crippen molar-refractivity contribution in [3.05, 3.63) is 47.0 Å². The Balaban J connectivity index is 2.16. The number of amides is 1. The number of hydrogen-bond acceptors (Lipinski definition) is 5. The first-order valence-corrected chi connectivity index (χ1v) is 6.88. The van der Waals surface area contributed by atoms with Gasteiger partial charge in [0.2, 0.25) is 0 Å². The lowest BCUT2D eigenvalue weighted by molar-refractivity contribution is 0.0935. The van der Waals surface area contributed by atoms with Crippen LogP contribution in [-0.2, 0) is 6.42 Å². The smallest absolute Gasteiger partial charge is 0.252 e. The van der Waals surface area contributed by atoms with Gasteiger partial charge in [0, 0.05) is 11.3 Å². The van der Waals surface area contributed by atoms with E-state index in [-0.39, 0.29) is 11.9 Å². The van der Waals surface area contributed by atoms with Crippen molar-refractivity contribution < 1.29 is 9.21 Å². The summed E-state index contributed by atoms with van der Waals surface area (Å²) in [6, 6.07) is 6.90. The van der Waals surface area contributed by atoms with Crippen molar-refractivity contribution in [3.8, 4) is 0 Å². The highest BCUT2D eigenvalue weighted by Gasteiger charge is 2.15. The maximum atomic E-state index is 12.3. The molecule has 1 atom stereocenters. The van der Waals surface area contributed by atoms with Gasteiger partial charge in [0.15, 0.2) is 0 Å². The number of hydrogen-bond donors (Lipinski definition) is 3. The van der Waals surface area contributed by atoms with Crippen LogP contribution in [0.3, 0.4) is 0 Å². The van der Waals surface area contributed by atoms with Crippen molar-refractivity contribution in [2.24, 2.45) is 5.84 Å². The molecule has 1 amide bonds. The molecule has 2 heterocycles. The number of aryl methyl sites for hydroxylation is 2. The Kier molecular flexibility index (Phi) is 4.59. The van der Waals surface area contributed by atoms with Gasteiger partial charge in [-0.2, -0.15) is 0 Å². The molecule has 0 spiro atoms. The van der Waals surface area contributed by atoms with Gasteiger partial charge in [-0.1, -0.05) is 6.92 Å². The lowest BCUT2D eigenvalue weighted by Crippen LogP contribution is -2.27. The van der Waals surface area contributed by atoms with Gasteiger partial charge in [0.1, 0.15) is 17.3 Å². The quantitative estimate of drug-likeness (QED) is 0.580. The molecule has 21 heavy (non-hydrogen) atoms. The Morgan fingerprint density at radius 3 is 2.76 bits per heavy atom. The lowest BCUT2D eigenvalue weighted by atomic mass is 10.1. The summed E-state index contributed by atoms with van der Waals surface area (Å²) in [5, 5.41) is 2.90. The van der Waals surface area contributed by atoms with E-state index in [2.05, 4.69) is 15.7 Å². The zero-order valence-corrected chi connectivity index (χ0v) is 12.4. The third-order valence-electron chi connectivity index (χ3n) is 3.19. The average molecular weight is 288 g/mol.